The Labute approximate surface area is 118 Å². The van der Waals surface area contributed by atoms with Crippen LogP contribution in [0.4, 0.5) is 10.1 Å². The number of nitrogens with one attached hydrogen (secondary N) is 1. The third kappa shape index (κ3) is 3.02. The largest absolute Gasteiger partial charge is 0.508 e. The van der Waals surface area contributed by atoms with Gasteiger partial charge in [0.05, 0.1) is 13.2 Å². The fourth-order valence-electron chi connectivity index (χ4n) is 2.11. The molecule has 4 heteroatoms. The van der Waals surface area contributed by atoms with Gasteiger partial charge in [-0.3, -0.25) is 0 Å². The minimum Gasteiger partial charge on any atom is -0.508 e. The number of halogens is 1. The van der Waals surface area contributed by atoms with Crippen molar-refractivity contribution in [3.05, 3.63) is 53.3 Å². The zero-order chi connectivity index (χ0) is 14.7. The SMILES string of the molecule is COc1ccc(C(C)Nc2ccc(O)cc2C)c(F)c1. The normalized spacial score (nSPS) is 12.0. The number of aromatic hydroxyl groups is 1. The zero-order valence-electron chi connectivity index (χ0n) is 11.8. The van der Waals surface area contributed by atoms with Gasteiger partial charge in [0, 0.05) is 17.3 Å². The first kappa shape index (κ1) is 14.2. The molecule has 2 aromatic rings. The molecule has 2 aromatic carbocycles. The molecule has 2 rings (SSSR count). The lowest BCUT2D eigenvalue weighted by Gasteiger charge is -2.18. The van der Waals surface area contributed by atoms with Crippen LogP contribution in [-0.2, 0) is 0 Å². The van der Waals surface area contributed by atoms with Crippen LogP contribution in [0.2, 0.25) is 0 Å². The Bertz CT molecular complexity index is 613. The van der Waals surface area contributed by atoms with E-state index in [1.807, 2.05) is 13.8 Å². The molecule has 0 aromatic heterocycles. The summed E-state index contributed by atoms with van der Waals surface area (Å²) >= 11 is 0. The Kier molecular flexibility index (Phi) is 4.13. The Morgan fingerprint density at radius 3 is 2.55 bits per heavy atom. The Balaban J connectivity index is 2.21. The van der Waals surface area contributed by atoms with Gasteiger partial charge in [0.1, 0.15) is 17.3 Å². The van der Waals surface area contributed by atoms with Crippen molar-refractivity contribution in [2.75, 3.05) is 12.4 Å². The van der Waals surface area contributed by atoms with Crippen molar-refractivity contribution in [2.45, 2.75) is 19.9 Å². The molecule has 0 amide bonds. The fraction of sp³-hybridized carbons (Fsp3) is 0.250. The molecule has 1 unspecified atom stereocenters. The molecule has 0 saturated heterocycles. The molecule has 2 N–H and O–H groups in total. The summed E-state index contributed by atoms with van der Waals surface area (Å²) in [5.41, 5.74) is 2.34. The highest BCUT2D eigenvalue weighted by Gasteiger charge is 2.12. The first-order chi connectivity index (χ1) is 9.51. The van der Waals surface area contributed by atoms with E-state index in [2.05, 4.69) is 5.32 Å². The van der Waals surface area contributed by atoms with Crippen LogP contribution < -0.4 is 10.1 Å². The lowest BCUT2D eigenvalue weighted by molar-refractivity contribution is 0.410. The minimum absolute atomic E-state index is 0.191. The van der Waals surface area contributed by atoms with Gasteiger partial charge in [-0.2, -0.15) is 0 Å². The summed E-state index contributed by atoms with van der Waals surface area (Å²) < 4.78 is 19.0. The Morgan fingerprint density at radius 2 is 1.95 bits per heavy atom. The lowest BCUT2D eigenvalue weighted by Crippen LogP contribution is -2.09. The second-order valence-electron chi connectivity index (χ2n) is 4.75. The fourth-order valence-corrected chi connectivity index (χ4v) is 2.11. The summed E-state index contributed by atoms with van der Waals surface area (Å²) in [5.74, 6) is 0.413. The second-order valence-corrected chi connectivity index (χ2v) is 4.75. The van der Waals surface area contributed by atoms with E-state index < -0.39 is 0 Å². The predicted molar refractivity (Wildman–Crippen MR) is 77.8 cm³/mol. The molecule has 0 aliphatic carbocycles. The Morgan fingerprint density at radius 1 is 1.20 bits per heavy atom. The molecule has 0 bridgehead atoms. The molecule has 0 fully saturated rings. The van der Waals surface area contributed by atoms with E-state index in [0.717, 1.165) is 11.3 Å². The third-order valence-electron chi connectivity index (χ3n) is 3.26. The van der Waals surface area contributed by atoms with Crippen LogP contribution in [0.25, 0.3) is 0 Å². The third-order valence-corrected chi connectivity index (χ3v) is 3.26. The number of methoxy groups -OCH3 is 1. The molecular formula is C16H18FNO2. The van der Waals surface area contributed by atoms with E-state index in [1.165, 1.54) is 13.2 Å². The molecule has 0 saturated carbocycles. The highest BCUT2D eigenvalue weighted by molar-refractivity contribution is 5.54. The zero-order valence-corrected chi connectivity index (χ0v) is 11.8. The first-order valence-electron chi connectivity index (χ1n) is 6.41. The smallest absolute Gasteiger partial charge is 0.132 e. The lowest BCUT2D eigenvalue weighted by atomic mass is 10.1. The molecule has 0 heterocycles. The summed E-state index contributed by atoms with van der Waals surface area (Å²) in [5, 5.41) is 12.6. The van der Waals surface area contributed by atoms with Crippen LogP contribution in [0.3, 0.4) is 0 Å². The molecule has 0 radical (unpaired) electrons. The van der Waals surface area contributed by atoms with Gasteiger partial charge in [-0.15, -0.1) is 0 Å². The van der Waals surface area contributed by atoms with Crippen LogP contribution >= 0.6 is 0 Å². The Hall–Kier alpha value is -2.23. The van der Waals surface area contributed by atoms with Crippen molar-refractivity contribution in [1.82, 2.24) is 0 Å². The van der Waals surface area contributed by atoms with Gasteiger partial charge in [-0.05, 0) is 43.7 Å². The number of hydrogen-bond donors (Lipinski definition) is 2. The van der Waals surface area contributed by atoms with Crippen molar-refractivity contribution in [1.29, 1.82) is 0 Å². The summed E-state index contributed by atoms with van der Waals surface area (Å²) in [6.45, 7) is 3.77. The van der Waals surface area contributed by atoms with E-state index in [9.17, 15) is 9.50 Å². The average Bonchev–Trinajstić information content (AvgIpc) is 2.41. The van der Waals surface area contributed by atoms with Gasteiger partial charge in [0.2, 0.25) is 0 Å². The summed E-state index contributed by atoms with van der Waals surface area (Å²) in [7, 11) is 1.51. The summed E-state index contributed by atoms with van der Waals surface area (Å²) in [6.07, 6.45) is 0. The average molecular weight is 275 g/mol. The van der Waals surface area contributed by atoms with E-state index in [-0.39, 0.29) is 17.6 Å². The number of phenols is 1. The van der Waals surface area contributed by atoms with Crippen LogP contribution in [0.1, 0.15) is 24.1 Å². The van der Waals surface area contributed by atoms with Gasteiger partial charge in [-0.1, -0.05) is 6.07 Å². The number of anilines is 1. The molecule has 0 aliphatic rings. The number of phenolic OH excluding ortho intramolecular Hbond substituents is 1. The van der Waals surface area contributed by atoms with Crippen molar-refractivity contribution in [2.24, 2.45) is 0 Å². The summed E-state index contributed by atoms with van der Waals surface area (Å²) in [4.78, 5) is 0. The molecule has 0 aliphatic heterocycles. The molecular weight excluding hydrogens is 257 g/mol. The number of hydrogen-bond acceptors (Lipinski definition) is 3. The minimum atomic E-state index is -0.305. The second kappa shape index (κ2) is 5.82. The predicted octanol–water partition coefficient (Wildman–Crippen LogP) is 4.02. The van der Waals surface area contributed by atoms with Crippen LogP contribution in [0.5, 0.6) is 11.5 Å². The maximum Gasteiger partial charge on any atom is 0.132 e. The highest BCUT2D eigenvalue weighted by atomic mass is 19.1. The monoisotopic (exact) mass is 275 g/mol. The van der Waals surface area contributed by atoms with E-state index >= 15 is 0 Å². The van der Waals surface area contributed by atoms with E-state index in [4.69, 9.17) is 4.74 Å². The highest BCUT2D eigenvalue weighted by Crippen LogP contribution is 2.27. The van der Waals surface area contributed by atoms with Crippen molar-refractivity contribution >= 4 is 5.69 Å². The standard InChI is InChI=1S/C16H18FNO2/c1-10-8-12(19)4-7-16(10)18-11(2)14-6-5-13(20-3)9-15(14)17/h4-9,11,18-19H,1-3H3. The number of rotatable bonds is 4. The molecule has 1 atom stereocenters. The maximum atomic E-state index is 14.0. The van der Waals surface area contributed by atoms with Crippen molar-refractivity contribution in [3.8, 4) is 11.5 Å². The van der Waals surface area contributed by atoms with E-state index in [1.54, 1.807) is 30.3 Å². The number of ether oxygens (including phenoxy) is 1. The van der Waals surface area contributed by atoms with Crippen molar-refractivity contribution < 1.29 is 14.2 Å². The quantitative estimate of drug-likeness (QED) is 0.828. The number of benzene rings is 2. The van der Waals surface area contributed by atoms with Crippen LogP contribution in [0.15, 0.2) is 36.4 Å². The topological polar surface area (TPSA) is 41.5 Å². The van der Waals surface area contributed by atoms with Crippen molar-refractivity contribution in [3.63, 3.8) is 0 Å². The molecule has 20 heavy (non-hydrogen) atoms. The molecule has 106 valence electrons. The van der Waals surface area contributed by atoms with Crippen LogP contribution in [-0.4, -0.2) is 12.2 Å². The van der Waals surface area contributed by atoms with Gasteiger partial charge < -0.3 is 15.2 Å². The van der Waals surface area contributed by atoms with Gasteiger partial charge in [-0.25, -0.2) is 4.39 Å². The van der Waals surface area contributed by atoms with E-state index in [0.29, 0.717) is 11.3 Å². The van der Waals surface area contributed by atoms with Gasteiger partial charge in [0.15, 0.2) is 0 Å². The van der Waals surface area contributed by atoms with Crippen LogP contribution in [0, 0.1) is 12.7 Å². The van der Waals surface area contributed by atoms with Gasteiger partial charge >= 0.3 is 0 Å². The van der Waals surface area contributed by atoms with Gasteiger partial charge in [0.25, 0.3) is 0 Å². The first-order valence-corrected chi connectivity index (χ1v) is 6.41. The maximum absolute atomic E-state index is 14.0. The summed E-state index contributed by atoms with van der Waals surface area (Å²) in [6, 6.07) is 9.68. The molecule has 3 nitrogen and oxygen atoms in total. The molecule has 0 spiro atoms. The number of aryl methyl sites for hydroxylation is 1.